The molecule has 0 unspecified atom stereocenters. The first kappa shape index (κ1) is 16.8. The lowest BCUT2D eigenvalue weighted by atomic mass is 10.0. The number of aromatic nitrogens is 2. The lowest BCUT2D eigenvalue weighted by Gasteiger charge is -2.34. The monoisotopic (exact) mass is 350 g/mol. The maximum absolute atomic E-state index is 12.9. The zero-order valence-electron chi connectivity index (χ0n) is 14.6. The van der Waals surface area contributed by atoms with Gasteiger partial charge in [-0.1, -0.05) is 12.1 Å². The number of aromatic amines is 1. The number of benzene rings is 1. The van der Waals surface area contributed by atoms with Gasteiger partial charge in [-0.3, -0.25) is 9.69 Å². The molecule has 3 aromatic rings. The minimum atomic E-state index is 0.0613. The van der Waals surface area contributed by atoms with Gasteiger partial charge in [0, 0.05) is 61.6 Å². The molecule has 0 saturated carbocycles. The second-order valence-corrected chi connectivity index (χ2v) is 6.58. The molecule has 2 N–H and O–H groups in total. The number of aliphatic hydroxyl groups is 1. The van der Waals surface area contributed by atoms with Crippen molar-refractivity contribution in [2.45, 2.75) is 0 Å². The molecule has 0 bridgehead atoms. The Bertz CT molecular complexity index is 913. The second kappa shape index (κ2) is 7.27. The molecule has 1 aromatic carbocycles. The van der Waals surface area contributed by atoms with Crippen molar-refractivity contribution in [1.29, 1.82) is 0 Å². The van der Waals surface area contributed by atoms with Gasteiger partial charge >= 0.3 is 0 Å². The maximum Gasteiger partial charge on any atom is 0.253 e. The Hall–Kier alpha value is -2.70. The molecule has 0 radical (unpaired) electrons. The number of amides is 1. The highest BCUT2D eigenvalue weighted by molar-refractivity contribution is 5.95. The van der Waals surface area contributed by atoms with Crippen LogP contribution in [0.2, 0.25) is 0 Å². The van der Waals surface area contributed by atoms with Crippen LogP contribution in [-0.4, -0.2) is 70.1 Å². The Morgan fingerprint density at radius 1 is 1.12 bits per heavy atom. The standard InChI is InChI=1S/C20H22N4O2/c25-11-10-23-6-8-24(9-7-23)20(26)17-3-1-2-15(12-17)18-13-16-4-5-21-19(16)22-14-18/h1-5,12-14,25H,6-11H2,(H,21,22). The molecule has 0 aliphatic carbocycles. The average molecular weight is 350 g/mol. The summed E-state index contributed by atoms with van der Waals surface area (Å²) < 4.78 is 0. The van der Waals surface area contributed by atoms with E-state index < -0.39 is 0 Å². The Morgan fingerprint density at radius 2 is 1.96 bits per heavy atom. The molecule has 1 amide bonds. The second-order valence-electron chi connectivity index (χ2n) is 6.58. The van der Waals surface area contributed by atoms with Crippen LogP contribution < -0.4 is 0 Å². The molecular formula is C20H22N4O2. The number of fused-ring (bicyclic) bond motifs is 1. The molecule has 2 aromatic heterocycles. The van der Waals surface area contributed by atoms with Crippen LogP contribution in [0.5, 0.6) is 0 Å². The van der Waals surface area contributed by atoms with Crippen molar-refractivity contribution in [1.82, 2.24) is 19.8 Å². The number of nitrogens with one attached hydrogen (secondary N) is 1. The van der Waals surface area contributed by atoms with Crippen molar-refractivity contribution >= 4 is 16.9 Å². The largest absolute Gasteiger partial charge is 0.395 e. The van der Waals surface area contributed by atoms with Crippen molar-refractivity contribution < 1.29 is 9.90 Å². The van der Waals surface area contributed by atoms with E-state index in [1.165, 1.54) is 0 Å². The average Bonchev–Trinajstić information content (AvgIpc) is 3.16. The Balaban J connectivity index is 1.53. The maximum atomic E-state index is 12.9. The molecule has 134 valence electrons. The van der Waals surface area contributed by atoms with Gasteiger partial charge in [-0.25, -0.2) is 4.98 Å². The number of rotatable bonds is 4. The summed E-state index contributed by atoms with van der Waals surface area (Å²) in [7, 11) is 0. The van der Waals surface area contributed by atoms with Crippen LogP contribution in [-0.2, 0) is 0 Å². The van der Waals surface area contributed by atoms with Gasteiger partial charge < -0.3 is 15.0 Å². The van der Waals surface area contributed by atoms with Gasteiger partial charge in [0.15, 0.2) is 0 Å². The Kier molecular flexibility index (Phi) is 4.69. The summed E-state index contributed by atoms with van der Waals surface area (Å²) in [4.78, 5) is 24.4. The van der Waals surface area contributed by atoms with Crippen molar-refractivity contribution in [3.63, 3.8) is 0 Å². The van der Waals surface area contributed by atoms with E-state index in [1.807, 2.05) is 47.6 Å². The van der Waals surface area contributed by atoms with Crippen LogP contribution in [0.3, 0.4) is 0 Å². The number of piperazine rings is 1. The number of hydrogen-bond acceptors (Lipinski definition) is 4. The molecule has 6 heteroatoms. The molecule has 0 spiro atoms. The summed E-state index contributed by atoms with van der Waals surface area (Å²) in [6.45, 7) is 3.83. The molecule has 1 fully saturated rings. The van der Waals surface area contributed by atoms with E-state index in [2.05, 4.69) is 20.9 Å². The molecule has 4 rings (SSSR count). The normalized spacial score (nSPS) is 15.5. The Morgan fingerprint density at radius 3 is 2.77 bits per heavy atom. The van der Waals surface area contributed by atoms with Gasteiger partial charge in [-0.2, -0.15) is 0 Å². The molecule has 0 atom stereocenters. The summed E-state index contributed by atoms with van der Waals surface area (Å²) >= 11 is 0. The molecule has 1 aliphatic rings. The van der Waals surface area contributed by atoms with Gasteiger partial charge in [0.25, 0.3) is 5.91 Å². The quantitative estimate of drug-likeness (QED) is 0.755. The van der Waals surface area contributed by atoms with Crippen LogP contribution in [0.1, 0.15) is 10.4 Å². The molecular weight excluding hydrogens is 328 g/mol. The fraction of sp³-hybridized carbons (Fsp3) is 0.300. The van der Waals surface area contributed by atoms with Gasteiger partial charge in [-0.15, -0.1) is 0 Å². The lowest BCUT2D eigenvalue weighted by Crippen LogP contribution is -2.49. The minimum Gasteiger partial charge on any atom is -0.395 e. The predicted octanol–water partition coefficient (Wildman–Crippen LogP) is 1.98. The highest BCUT2D eigenvalue weighted by Crippen LogP contribution is 2.24. The van der Waals surface area contributed by atoms with Crippen LogP contribution in [0.15, 0.2) is 48.8 Å². The fourth-order valence-electron chi connectivity index (χ4n) is 3.43. The van der Waals surface area contributed by atoms with E-state index >= 15 is 0 Å². The van der Waals surface area contributed by atoms with Crippen LogP contribution in [0.25, 0.3) is 22.2 Å². The van der Waals surface area contributed by atoms with Crippen LogP contribution >= 0.6 is 0 Å². The zero-order valence-corrected chi connectivity index (χ0v) is 14.6. The third-order valence-corrected chi connectivity index (χ3v) is 4.92. The fourth-order valence-corrected chi connectivity index (χ4v) is 3.43. The summed E-state index contributed by atoms with van der Waals surface area (Å²) in [6.07, 6.45) is 3.70. The molecule has 1 aliphatic heterocycles. The summed E-state index contributed by atoms with van der Waals surface area (Å²) in [6, 6.07) is 11.8. The first-order valence-corrected chi connectivity index (χ1v) is 8.90. The van der Waals surface area contributed by atoms with Gasteiger partial charge in [0.2, 0.25) is 0 Å². The lowest BCUT2D eigenvalue weighted by molar-refractivity contribution is 0.0615. The van der Waals surface area contributed by atoms with Gasteiger partial charge in [0.1, 0.15) is 5.65 Å². The predicted molar refractivity (Wildman–Crippen MR) is 101 cm³/mol. The summed E-state index contributed by atoms with van der Waals surface area (Å²) in [5.74, 6) is 0.0613. The SMILES string of the molecule is O=C(c1cccc(-c2cnc3[nH]ccc3c2)c1)N1CCN(CCO)CC1. The number of pyridine rings is 1. The summed E-state index contributed by atoms with van der Waals surface area (Å²) in [5.41, 5.74) is 3.55. The molecule has 1 saturated heterocycles. The molecule has 26 heavy (non-hydrogen) atoms. The van der Waals surface area contributed by atoms with E-state index in [4.69, 9.17) is 5.11 Å². The third kappa shape index (κ3) is 3.34. The van der Waals surface area contributed by atoms with Crippen molar-refractivity contribution in [3.05, 3.63) is 54.4 Å². The smallest absolute Gasteiger partial charge is 0.253 e. The topological polar surface area (TPSA) is 72.5 Å². The minimum absolute atomic E-state index is 0.0613. The number of H-pyrrole nitrogens is 1. The van der Waals surface area contributed by atoms with Crippen molar-refractivity contribution in [3.8, 4) is 11.1 Å². The number of nitrogens with zero attached hydrogens (tertiary/aromatic N) is 3. The van der Waals surface area contributed by atoms with E-state index in [9.17, 15) is 4.79 Å². The molecule has 3 heterocycles. The first-order chi connectivity index (χ1) is 12.7. The van der Waals surface area contributed by atoms with Crippen molar-refractivity contribution in [2.24, 2.45) is 0 Å². The Labute approximate surface area is 152 Å². The highest BCUT2D eigenvalue weighted by Gasteiger charge is 2.22. The first-order valence-electron chi connectivity index (χ1n) is 8.90. The van der Waals surface area contributed by atoms with E-state index in [1.54, 1.807) is 0 Å². The highest BCUT2D eigenvalue weighted by atomic mass is 16.3. The number of β-amino-alcohol motifs (C(OH)–C–C–N with tert-alkyl or cyclic N) is 1. The third-order valence-electron chi connectivity index (χ3n) is 4.92. The van der Waals surface area contributed by atoms with E-state index in [0.717, 1.165) is 35.2 Å². The number of carbonyl (C=O) groups excluding carboxylic acids is 1. The van der Waals surface area contributed by atoms with Gasteiger partial charge in [-0.05, 0) is 29.8 Å². The van der Waals surface area contributed by atoms with Crippen LogP contribution in [0, 0.1) is 0 Å². The summed E-state index contributed by atoms with van der Waals surface area (Å²) in [5, 5.41) is 10.1. The number of carbonyl (C=O) groups is 1. The number of hydrogen-bond donors (Lipinski definition) is 2. The van der Waals surface area contributed by atoms with E-state index in [-0.39, 0.29) is 12.5 Å². The van der Waals surface area contributed by atoms with Gasteiger partial charge in [0.05, 0.1) is 6.61 Å². The molecule has 6 nitrogen and oxygen atoms in total. The van der Waals surface area contributed by atoms with Crippen molar-refractivity contribution in [2.75, 3.05) is 39.3 Å². The number of aliphatic hydroxyl groups excluding tert-OH is 1. The zero-order chi connectivity index (χ0) is 17.9. The van der Waals surface area contributed by atoms with Crippen LogP contribution in [0.4, 0.5) is 0 Å². The van der Waals surface area contributed by atoms with E-state index in [0.29, 0.717) is 25.2 Å².